The largest absolute Gasteiger partial charge is 0.456 e. The van der Waals surface area contributed by atoms with E-state index in [4.69, 9.17) is 14.2 Å². The highest BCUT2D eigenvalue weighted by Gasteiger charge is 2.48. The number of nitrogens with zero attached hydrogens (tertiary/aromatic N) is 1. The van der Waals surface area contributed by atoms with Crippen molar-refractivity contribution in [2.24, 2.45) is 0 Å². The number of imidazole rings is 1. The molecular weight excluding hydrogens is 510 g/mol. The normalized spacial score (nSPS) is 22.9. The number of aliphatic hydroxyl groups excluding tert-OH is 3. The molecule has 2 fully saturated rings. The van der Waals surface area contributed by atoms with Crippen LogP contribution in [0.2, 0.25) is 0 Å². The van der Waals surface area contributed by atoms with Gasteiger partial charge in [-0.2, -0.15) is 4.98 Å². The summed E-state index contributed by atoms with van der Waals surface area (Å²) in [6.45, 7) is 1.74. The van der Waals surface area contributed by atoms with Crippen molar-refractivity contribution in [3.63, 3.8) is 0 Å². The Labute approximate surface area is 222 Å². The van der Waals surface area contributed by atoms with E-state index in [1.807, 2.05) is 24.3 Å². The van der Waals surface area contributed by atoms with Crippen molar-refractivity contribution < 1.29 is 38.3 Å². The zero-order valence-electron chi connectivity index (χ0n) is 21.1. The molecule has 6 rings (SSSR count). The average Bonchev–Trinajstić information content (AvgIpc) is 3.66. The van der Waals surface area contributed by atoms with Crippen molar-refractivity contribution >= 4 is 11.0 Å². The molecule has 4 N–H and O–H groups in total. The molecule has 0 aliphatic carbocycles. The molecule has 0 spiro atoms. The lowest BCUT2D eigenvalue weighted by molar-refractivity contribution is 0.00706. The number of H-pyrrole nitrogens is 1. The maximum atomic E-state index is 15.6. The fourth-order valence-corrected chi connectivity index (χ4v) is 5.19. The number of hydrogen-bond donors (Lipinski definition) is 4. The van der Waals surface area contributed by atoms with Crippen LogP contribution in [0, 0.1) is 11.6 Å². The fourth-order valence-electron chi connectivity index (χ4n) is 5.19. The molecule has 1 aromatic heterocycles. The van der Waals surface area contributed by atoms with E-state index in [9.17, 15) is 15.3 Å². The quantitative estimate of drug-likeness (QED) is 0.285. The third-order valence-electron chi connectivity index (χ3n) is 7.68. The Balaban J connectivity index is 1.25. The van der Waals surface area contributed by atoms with Gasteiger partial charge >= 0.3 is 0 Å². The lowest BCUT2D eigenvalue weighted by atomic mass is 9.83. The third kappa shape index (κ3) is 4.48. The lowest BCUT2D eigenvalue weighted by Gasteiger charge is -2.25. The second-order valence-corrected chi connectivity index (χ2v) is 10.3. The molecule has 2 aliphatic rings. The maximum Gasteiger partial charge on any atom is 0.295 e. The zero-order chi connectivity index (χ0) is 27.3. The summed E-state index contributed by atoms with van der Waals surface area (Å²) in [4.78, 5) is 7.02. The van der Waals surface area contributed by atoms with Crippen molar-refractivity contribution in [2.45, 2.75) is 36.8 Å². The van der Waals surface area contributed by atoms with Crippen LogP contribution >= 0.6 is 0 Å². The van der Waals surface area contributed by atoms with E-state index < -0.39 is 41.5 Å². The zero-order valence-corrected chi connectivity index (χ0v) is 21.1. The molecule has 10 heteroatoms. The van der Waals surface area contributed by atoms with Crippen LogP contribution in [0.3, 0.4) is 0 Å². The molecule has 0 unspecified atom stereocenters. The summed E-state index contributed by atoms with van der Waals surface area (Å²) < 4.78 is 47.6. The molecule has 2 aliphatic heterocycles. The number of fused-ring (bicyclic) bond motifs is 2. The van der Waals surface area contributed by atoms with Crippen LogP contribution in [0.4, 0.5) is 8.78 Å². The summed E-state index contributed by atoms with van der Waals surface area (Å²) >= 11 is 0. The number of ether oxygens (including phenoxy) is 3. The highest BCUT2D eigenvalue weighted by atomic mass is 19.1. The van der Waals surface area contributed by atoms with Gasteiger partial charge in [0.05, 0.1) is 37.5 Å². The predicted octanol–water partition coefficient (Wildman–Crippen LogP) is 3.32. The Hall–Kier alpha value is -3.41. The van der Waals surface area contributed by atoms with Crippen molar-refractivity contribution in [1.82, 2.24) is 9.97 Å². The van der Waals surface area contributed by atoms with Crippen molar-refractivity contribution in [1.29, 1.82) is 0 Å². The minimum Gasteiger partial charge on any atom is -0.456 e. The molecule has 4 atom stereocenters. The molecule has 4 aromatic rings. The third-order valence-corrected chi connectivity index (χ3v) is 7.68. The highest BCUT2D eigenvalue weighted by molar-refractivity contribution is 5.84. The number of hydrogen-bond acceptors (Lipinski definition) is 7. The number of nitrogens with one attached hydrogen (secondary N) is 1. The lowest BCUT2D eigenvalue weighted by Crippen LogP contribution is -2.34. The van der Waals surface area contributed by atoms with Crippen LogP contribution in [-0.2, 0) is 14.9 Å². The monoisotopic (exact) mass is 538 g/mol. The Kier molecular flexibility index (Phi) is 6.60. The van der Waals surface area contributed by atoms with E-state index in [0.717, 1.165) is 16.7 Å². The van der Waals surface area contributed by atoms with Crippen LogP contribution < -0.4 is 4.74 Å². The number of benzene rings is 3. The van der Waals surface area contributed by atoms with Gasteiger partial charge in [0.2, 0.25) is 0 Å². The number of aliphatic hydroxyl groups is 3. The molecular formula is C29H28F2N2O6. The van der Waals surface area contributed by atoms with Crippen molar-refractivity contribution in [3.8, 4) is 28.3 Å². The van der Waals surface area contributed by atoms with E-state index in [1.54, 1.807) is 31.2 Å². The topological polar surface area (TPSA) is 117 Å². The van der Waals surface area contributed by atoms with E-state index in [1.165, 1.54) is 6.07 Å². The van der Waals surface area contributed by atoms with Crippen LogP contribution in [0.25, 0.3) is 33.3 Å². The van der Waals surface area contributed by atoms with E-state index in [2.05, 4.69) is 9.97 Å². The standard InChI is InChI=1S/C29H28F2N2O6/c1-29(13-34,14-35)18-8-6-16(7-9-18)15-2-4-17(5-3-15)23-19(30)10-20-25(24(23)31)33-28(32-20)39-22-12-38-26-21(36)11-37-27(22)26/h2-10,21-22,26-27,34-36H,11-14H2,1H3,(H,32,33)/t21-,22-,26-,27-/m1/s1. The molecule has 3 aromatic carbocycles. The first kappa shape index (κ1) is 25.8. The number of aromatic nitrogens is 2. The van der Waals surface area contributed by atoms with Crippen LogP contribution in [0.15, 0.2) is 54.6 Å². The van der Waals surface area contributed by atoms with Crippen molar-refractivity contribution in [3.05, 3.63) is 71.8 Å². The maximum absolute atomic E-state index is 15.6. The summed E-state index contributed by atoms with van der Waals surface area (Å²) in [7, 11) is 0. The van der Waals surface area contributed by atoms with Gasteiger partial charge in [0, 0.05) is 11.5 Å². The fraction of sp³-hybridized carbons (Fsp3) is 0.345. The summed E-state index contributed by atoms with van der Waals surface area (Å²) in [5, 5.41) is 29.2. The first-order valence-electron chi connectivity index (χ1n) is 12.7. The summed E-state index contributed by atoms with van der Waals surface area (Å²) in [5.41, 5.74) is 2.04. The SMILES string of the molecule is CC(CO)(CO)c1ccc(-c2ccc(-c3c(F)cc4[nH]c(O[C@@H]5CO[C@H]6[C@@H]5OC[C@H]6O)nc4c3F)cc2)cc1. The van der Waals surface area contributed by atoms with Gasteiger partial charge in [-0.25, -0.2) is 8.78 Å². The number of aromatic amines is 1. The van der Waals surface area contributed by atoms with Crippen LogP contribution in [-0.4, -0.2) is 76.1 Å². The molecule has 0 bridgehead atoms. The van der Waals surface area contributed by atoms with Gasteiger partial charge in [-0.1, -0.05) is 55.5 Å². The van der Waals surface area contributed by atoms with E-state index in [-0.39, 0.29) is 49.0 Å². The highest BCUT2D eigenvalue weighted by Crippen LogP contribution is 2.35. The Bertz CT molecular complexity index is 1490. The molecule has 3 heterocycles. The second kappa shape index (κ2) is 9.96. The Morgan fingerprint density at radius 2 is 1.56 bits per heavy atom. The predicted molar refractivity (Wildman–Crippen MR) is 138 cm³/mol. The van der Waals surface area contributed by atoms with Gasteiger partial charge in [-0.15, -0.1) is 0 Å². The minimum absolute atomic E-state index is 0.0111. The molecule has 8 nitrogen and oxygen atoms in total. The molecule has 204 valence electrons. The van der Waals surface area contributed by atoms with Gasteiger partial charge in [-0.3, -0.25) is 0 Å². The molecule has 0 amide bonds. The van der Waals surface area contributed by atoms with Gasteiger partial charge in [0.25, 0.3) is 6.01 Å². The summed E-state index contributed by atoms with van der Waals surface area (Å²) in [5.74, 6) is -1.56. The van der Waals surface area contributed by atoms with Crippen LogP contribution in [0.5, 0.6) is 6.01 Å². The van der Waals surface area contributed by atoms with Gasteiger partial charge in [-0.05, 0) is 22.3 Å². The van der Waals surface area contributed by atoms with Crippen molar-refractivity contribution in [2.75, 3.05) is 26.4 Å². The smallest absolute Gasteiger partial charge is 0.295 e. The summed E-state index contributed by atoms with van der Waals surface area (Å²) in [6, 6.07) is 15.5. The second-order valence-electron chi connectivity index (χ2n) is 10.3. The molecule has 39 heavy (non-hydrogen) atoms. The molecule has 2 saturated heterocycles. The Morgan fingerprint density at radius 3 is 2.23 bits per heavy atom. The number of rotatable bonds is 7. The van der Waals surface area contributed by atoms with E-state index >= 15 is 8.78 Å². The van der Waals surface area contributed by atoms with Gasteiger partial charge in [0.1, 0.15) is 29.6 Å². The van der Waals surface area contributed by atoms with E-state index in [0.29, 0.717) is 5.56 Å². The van der Waals surface area contributed by atoms with Gasteiger partial charge in [0.15, 0.2) is 11.9 Å². The van der Waals surface area contributed by atoms with Gasteiger partial charge < -0.3 is 34.5 Å². The number of halogens is 2. The minimum atomic E-state index is -0.811. The molecule has 0 radical (unpaired) electrons. The first-order valence-corrected chi connectivity index (χ1v) is 12.7. The Morgan fingerprint density at radius 1 is 0.949 bits per heavy atom. The first-order chi connectivity index (χ1) is 18.8. The van der Waals surface area contributed by atoms with Crippen LogP contribution in [0.1, 0.15) is 12.5 Å². The summed E-state index contributed by atoms with van der Waals surface area (Å²) in [6.07, 6.45) is -2.22. The average molecular weight is 539 g/mol. The molecule has 0 saturated carbocycles.